The van der Waals surface area contributed by atoms with Crippen LogP contribution >= 0.6 is 0 Å². The van der Waals surface area contributed by atoms with Gasteiger partial charge < -0.3 is 4.52 Å². The van der Waals surface area contributed by atoms with Crippen molar-refractivity contribution in [3.8, 4) is 0 Å². The maximum atomic E-state index is 11.8. The molecule has 1 atom stereocenters. The lowest BCUT2D eigenvalue weighted by molar-refractivity contribution is 0.290. The molecule has 0 radical (unpaired) electrons. The Balaban J connectivity index is 1.60. The van der Waals surface area contributed by atoms with Crippen LogP contribution in [0.4, 0.5) is 0 Å². The summed E-state index contributed by atoms with van der Waals surface area (Å²) in [6, 6.07) is 9.96. The van der Waals surface area contributed by atoms with Gasteiger partial charge in [-0.2, -0.15) is 9.29 Å². The highest BCUT2D eigenvalue weighted by molar-refractivity contribution is 7.88. The molecule has 6 nitrogen and oxygen atoms in total. The minimum atomic E-state index is -3.24. The van der Waals surface area contributed by atoms with Crippen LogP contribution in [-0.4, -0.2) is 35.7 Å². The number of aryl methyl sites for hydroxylation is 2. The molecule has 2 aromatic rings. The van der Waals surface area contributed by atoms with Crippen LogP contribution in [0.1, 0.15) is 42.6 Å². The third-order valence-corrected chi connectivity index (χ3v) is 5.40. The number of rotatable bonds is 6. The second-order valence-electron chi connectivity index (χ2n) is 5.92. The van der Waals surface area contributed by atoms with Gasteiger partial charge >= 0.3 is 0 Å². The summed E-state index contributed by atoms with van der Waals surface area (Å²) < 4.78 is 30.3. The summed E-state index contributed by atoms with van der Waals surface area (Å²) in [5, 5.41) is 4.00. The lowest BCUT2D eigenvalue weighted by Crippen LogP contribution is -2.29. The molecule has 3 rings (SSSR count). The fraction of sp³-hybridized carbons (Fsp3) is 0.500. The lowest BCUT2D eigenvalue weighted by Gasteiger charge is -2.18. The number of sulfonamides is 1. The summed E-state index contributed by atoms with van der Waals surface area (Å²) in [5.74, 6) is 1.07. The first-order valence-corrected chi connectivity index (χ1v) is 9.72. The maximum absolute atomic E-state index is 11.8. The van der Waals surface area contributed by atoms with Crippen LogP contribution in [-0.2, 0) is 22.9 Å². The predicted octanol–water partition coefficient (Wildman–Crippen LogP) is 2.34. The van der Waals surface area contributed by atoms with E-state index in [0.29, 0.717) is 18.3 Å². The molecule has 0 bridgehead atoms. The predicted molar refractivity (Wildman–Crippen MR) is 86.3 cm³/mol. The van der Waals surface area contributed by atoms with E-state index in [0.717, 1.165) is 32.1 Å². The molecule has 0 unspecified atom stereocenters. The minimum absolute atomic E-state index is 0.305. The maximum Gasteiger partial charge on any atom is 0.245 e. The molecule has 0 spiro atoms. The highest BCUT2D eigenvalue weighted by Crippen LogP contribution is 2.32. The minimum Gasteiger partial charge on any atom is -0.338 e. The van der Waals surface area contributed by atoms with Gasteiger partial charge in [0.25, 0.3) is 0 Å². The largest absolute Gasteiger partial charge is 0.338 e. The number of hydrogen-bond donors (Lipinski definition) is 0. The number of benzene rings is 1. The molecule has 0 aliphatic carbocycles. The van der Waals surface area contributed by atoms with E-state index >= 15 is 0 Å². The van der Waals surface area contributed by atoms with Gasteiger partial charge in [0.1, 0.15) is 6.04 Å². The summed E-state index contributed by atoms with van der Waals surface area (Å²) in [6.45, 7) is 0.523. The second-order valence-corrected chi connectivity index (χ2v) is 7.85. The van der Waals surface area contributed by atoms with E-state index < -0.39 is 10.0 Å². The van der Waals surface area contributed by atoms with Gasteiger partial charge in [-0.25, -0.2) is 8.42 Å². The van der Waals surface area contributed by atoms with Crippen LogP contribution in [0, 0.1) is 0 Å². The monoisotopic (exact) mass is 335 g/mol. The summed E-state index contributed by atoms with van der Waals surface area (Å²) in [6.07, 6.45) is 5.40. The molecule has 2 heterocycles. The van der Waals surface area contributed by atoms with Crippen LogP contribution in [0.5, 0.6) is 0 Å². The molecular weight excluding hydrogens is 314 g/mol. The molecule has 0 N–H and O–H groups in total. The molecule has 1 aromatic carbocycles. The second kappa shape index (κ2) is 6.80. The molecular formula is C16H21N3O3S. The molecule has 1 fully saturated rings. The van der Waals surface area contributed by atoms with Crippen molar-refractivity contribution in [2.75, 3.05) is 12.8 Å². The van der Waals surface area contributed by atoms with Crippen LogP contribution in [0.15, 0.2) is 34.9 Å². The van der Waals surface area contributed by atoms with Crippen molar-refractivity contribution >= 4 is 10.0 Å². The Labute approximate surface area is 136 Å². The van der Waals surface area contributed by atoms with Crippen molar-refractivity contribution < 1.29 is 12.9 Å². The molecule has 7 heteroatoms. The molecule has 124 valence electrons. The molecule has 0 saturated carbocycles. The number of aromatic nitrogens is 2. The smallest absolute Gasteiger partial charge is 0.245 e. The zero-order valence-corrected chi connectivity index (χ0v) is 14.0. The third-order valence-electron chi connectivity index (χ3n) is 4.11. The van der Waals surface area contributed by atoms with Crippen LogP contribution in [0.3, 0.4) is 0 Å². The van der Waals surface area contributed by atoms with E-state index in [-0.39, 0.29) is 6.04 Å². The zero-order valence-electron chi connectivity index (χ0n) is 13.2. The van der Waals surface area contributed by atoms with Crippen LogP contribution in [0.25, 0.3) is 0 Å². The molecule has 1 aliphatic rings. The highest BCUT2D eigenvalue weighted by atomic mass is 32.2. The van der Waals surface area contributed by atoms with Crippen LogP contribution in [0.2, 0.25) is 0 Å². The standard InChI is InChI=1S/C16H21N3O3S/c1-23(20,21)19-12-6-10-14(19)16-17-15(18-22-16)11-5-9-13-7-3-2-4-8-13/h2-4,7-8,14H,5-6,9-12H2,1H3/t14-/m0/s1. The topological polar surface area (TPSA) is 76.3 Å². The Kier molecular flexibility index (Phi) is 4.77. The van der Waals surface area contributed by atoms with Crippen molar-refractivity contribution in [1.82, 2.24) is 14.4 Å². The number of hydrogen-bond acceptors (Lipinski definition) is 5. The molecule has 1 saturated heterocycles. The lowest BCUT2D eigenvalue weighted by atomic mass is 10.1. The van der Waals surface area contributed by atoms with Gasteiger partial charge in [0.05, 0.1) is 6.26 Å². The molecule has 1 aliphatic heterocycles. The van der Waals surface area contributed by atoms with E-state index in [9.17, 15) is 8.42 Å². The quantitative estimate of drug-likeness (QED) is 0.810. The van der Waals surface area contributed by atoms with E-state index in [1.807, 2.05) is 18.2 Å². The zero-order chi connectivity index (χ0) is 16.3. The Morgan fingerprint density at radius 1 is 1.26 bits per heavy atom. The van der Waals surface area contributed by atoms with E-state index in [2.05, 4.69) is 22.3 Å². The highest BCUT2D eigenvalue weighted by Gasteiger charge is 2.36. The number of nitrogens with zero attached hydrogens (tertiary/aromatic N) is 3. The Hall–Kier alpha value is -1.73. The van der Waals surface area contributed by atoms with Gasteiger partial charge in [0, 0.05) is 13.0 Å². The van der Waals surface area contributed by atoms with E-state index in [1.54, 1.807) is 0 Å². The Bertz CT molecular complexity index is 743. The van der Waals surface area contributed by atoms with Crippen molar-refractivity contribution in [1.29, 1.82) is 0 Å². The average Bonchev–Trinajstić information content (AvgIpc) is 3.16. The van der Waals surface area contributed by atoms with E-state index in [4.69, 9.17) is 4.52 Å². The Morgan fingerprint density at radius 2 is 2.04 bits per heavy atom. The summed E-state index contributed by atoms with van der Waals surface area (Å²) >= 11 is 0. The molecule has 0 amide bonds. The fourth-order valence-electron chi connectivity index (χ4n) is 2.98. The van der Waals surface area contributed by atoms with Gasteiger partial charge in [-0.05, 0) is 31.2 Å². The van der Waals surface area contributed by atoms with Gasteiger partial charge in [-0.15, -0.1) is 0 Å². The fourth-order valence-corrected chi connectivity index (χ4v) is 4.10. The van der Waals surface area contributed by atoms with Gasteiger partial charge in [-0.1, -0.05) is 35.5 Å². The summed E-state index contributed by atoms with van der Waals surface area (Å²) in [5.41, 5.74) is 1.29. The first-order chi connectivity index (χ1) is 11.0. The SMILES string of the molecule is CS(=O)(=O)N1CCC[C@H]1c1nc(CCCc2ccccc2)no1. The van der Waals surface area contributed by atoms with Crippen molar-refractivity contribution in [3.63, 3.8) is 0 Å². The van der Waals surface area contributed by atoms with E-state index in [1.165, 1.54) is 16.1 Å². The van der Waals surface area contributed by atoms with Crippen LogP contribution < -0.4 is 0 Å². The van der Waals surface area contributed by atoms with Crippen molar-refractivity contribution in [3.05, 3.63) is 47.6 Å². The first kappa shape index (κ1) is 16.1. The normalized spacial score (nSPS) is 19.3. The van der Waals surface area contributed by atoms with Crippen molar-refractivity contribution in [2.45, 2.75) is 38.1 Å². The summed E-state index contributed by atoms with van der Waals surface area (Å²) in [7, 11) is -3.24. The van der Waals surface area contributed by atoms with Gasteiger partial charge in [0.2, 0.25) is 15.9 Å². The van der Waals surface area contributed by atoms with Gasteiger partial charge in [0.15, 0.2) is 5.82 Å². The van der Waals surface area contributed by atoms with Gasteiger partial charge in [-0.3, -0.25) is 0 Å². The third kappa shape index (κ3) is 3.97. The van der Waals surface area contributed by atoms with Crippen molar-refractivity contribution in [2.24, 2.45) is 0 Å². The molecule has 23 heavy (non-hydrogen) atoms. The average molecular weight is 335 g/mol. The first-order valence-electron chi connectivity index (χ1n) is 7.87. The Morgan fingerprint density at radius 3 is 2.78 bits per heavy atom. The summed E-state index contributed by atoms with van der Waals surface area (Å²) in [4.78, 5) is 4.40. The molecule has 1 aromatic heterocycles.